The number of allylic oxidation sites excluding steroid dienone is 1. The summed E-state index contributed by atoms with van der Waals surface area (Å²) in [7, 11) is 0. The van der Waals surface area contributed by atoms with E-state index in [0.29, 0.717) is 30.9 Å². The first-order chi connectivity index (χ1) is 12.1. The Bertz CT molecular complexity index is 838. The first-order valence-electron chi connectivity index (χ1n) is 7.65. The largest absolute Gasteiger partial charge is 0.493 e. The lowest BCUT2D eigenvalue weighted by atomic mass is 10.0. The third-order valence-electron chi connectivity index (χ3n) is 3.44. The van der Waals surface area contributed by atoms with Crippen molar-refractivity contribution in [2.24, 2.45) is 0 Å². The fourth-order valence-electron chi connectivity index (χ4n) is 2.13. The molecule has 0 fully saturated rings. The molecular formula is C20H16N2O3. The highest BCUT2D eigenvalue weighted by Gasteiger charge is 2.04. The van der Waals surface area contributed by atoms with Gasteiger partial charge in [-0.3, -0.25) is 0 Å². The fraction of sp³-hybridized carbons (Fsp3) is 0.150. The van der Waals surface area contributed by atoms with Crippen molar-refractivity contribution >= 4 is 17.6 Å². The highest BCUT2D eigenvalue weighted by Crippen LogP contribution is 2.21. The molecule has 5 nitrogen and oxygen atoms in total. The maximum Gasteiger partial charge on any atom is 0.335 e. The van der Waals surface area contributed by atoms with Crippen molar-refractivity contribution in [2.45, 2.75) is 6.42 Å². The summed E-state index contributed by atoms with van der Waals surface area (Å²) in [6, 6.07) is 15.6. The normalized spacial score (nSPS) is 10.6. The van der Waals surface area contributed by atoms with E-state index in [1.165, 1.54) is 12.1 Å². The van der Waals surface area contributed by atoms with E-state index in [4.69, 9.17) is 16.4 Å². The lowest BCUT2D eigenvalue weighted by molar-refractivity contribution is 0.0697. The van der Waals surface area contributed by atoms with Crippen LogP contribution in [0.3, 0.4) is 0 Å². The smallest absolute Gasteiger partial charge is 0.335 e. The molecule has 124 valence electrons. The minimum atomic E-state index is -0.983. The zero-order valence-corrected chi connectivity index (χ0v) is 13.5. The Hall–Kier alpha value is -3.57. The summed E-state index contributed by atoms with van der Waals surface area (Å²) in [5, 5.41) is 18.3. The van der Waals surface area contributed by atoms with Gasteiger partial charge in [-0.2, -0.15) is 5.26 Å². The van der Waals surface area contributed by atoms with Gasteiger partial charge in [-0.25, -0.2) is 11.4 Å². The zero-order valence-electron chi connectivity index (χ0n) is 13.5. The van der Waals surface area contributed by atoms with Crippen LogP contribution >= 0.6 is 0 Å². The van der Waals surface area contributed by atoms with Gasteiger partial charge in [-0.15, -0.1) is 0 Å². The van der Waals surface area contributed by atoms with Crippen molar-refractivity contribution < 1.29 is 14.6 Å². The number of carboxylic acid groups (broad SMARTS) is 1. The average Bonchev–Trinajstić information content (AvgIpc) is 2.64. The van der Waals surface area contributed by atoms with Crippen molar-refractivity contribution in [3.05, 3.63) is 76.6 Å². The van der Waals surface area contributed by atoms with Crippen molar-refractivity contribution in [3.8, 4) is 11.8 Å². The van der Waals surface area contributed by atoms with Crippen molar-refractivity contribution in [1.82, 2.24) is 0 Å². The second kappa shape index (κ2) is 8.90. The molecule has 0 atom stereocenters. The van der Waals surface area contributed by atoms with Gasteiger partial charge in [0.15, 0.2) is 0 Å². The first-order valence-corrected chi connectivity index (χ1v) is 7.65. The standard InChI is InChI=1S/C20H16N2O3/c1-22-11-2-12-25-19-9-7-16(8-10-19)18(14-21)13-15-3-5-17(6-4-15)20(23)24/h3-10,13H,2,11-12H2,(H,23,24)/b18-13+. The summed E-state index contributed by atoms with van der Waals surface area (Å²) in [4.78, 5) is 14.1. The zero-order chi connectivity index (χ0) is 18.1. The molecule has 0 heterocycles. The lowest BCUT2D eigenvalue weighted by Gasteiger charge is -2.05. The maximum absolute atomic E-state index is 10.9. The van der Waals surface area contributed by atoms with E-state index in [0.717, 1.165) is 11.1 Å². The number of aromatic carboxylic acids is 1. The summed E-state index contributed by atoms with van der Waals surface area (Å²) < 4.78 is 5.53. The highest BCUT2D eigenvalue weighted by molar-refractivity contribution is 5.91. The number of carbonyl (C=O) groups is 1. The Morgan fingerprint density at radius 1 is 1.16 bits per heavy atom. The van der Waals surface area contributed by atoms with Gasteiger partial charge < -0.3 is 14.7 Å². The molecule has 2 aromatic rings. The minimum Gasteiger partial charge on any atom is -0.493 e. The molecule has 0 amide bonds. The number of benzene rings is 2. The summed E-state index contributed by atoms with van der Waals surface area (Å²) >= 11 is 0. The molecule has 0 aromatic heterocycles. The van der Waals surface area contributed by atoms with Crippen LogP contribution in [0.1, 0.15) is 27.9 Å². The van der Waals surface area contributed by atoms with E-state index in [-0.39, 0.29) is 5.56 Å². The number of ether oxygens (including phenoxy) is 1. The molecule has 2 rings (SSSR count). The van der Waals surface area contributed by atoms with Crippen molar-refractivity contribution in [1.29, 1.82) is 5.26 Å². The molecule has 0 saturated heterocycles. The fourth-order valence-corrected chi connectivity index (χ4v) is 2.13. The average molecular weight is 332 g/mol. The molecule has 0 saturated carbocycles. The van der Waals surface area contributed by atoms with Crippen LogP contribution in [-0.4, -0.2) is 24.2 Å². The molecule has 25 heavy (non-hydrogen) atoms. The van der Waals surface area contributed by atoms with Gasteiger partial charge in [-0.05, 0) is 53.6 Å². The van der Waals surface area contributed by atoms with Gasteiger partial charge in [0, 0.05) is 0 Å². The predicted octanol–water partition coefficient (Wildman–Crippen LogP) is 4.14. The van der Waals surface area contributed by atoms with E-state index < -0.39 is 5.97 Å². The van der Waals surface area contributed by atoms with Crippen molar-refractivity contribution in [3.63, 3.8) is 0 Å². The van der Waals surface area contributed by atoms with E-state index >= 15 is 0 Å². The van der Waals surface area contributed by atoms with E-state index in [1.807, 2.05) is 0 Å². The molecular weight excluding hydrogens is 316 g/mol. The number of hydrogen-bond donors (Lipinski definition) is 1. The van der Waals surface area contributed by atoms with Gasteiger partial charge in [0.25, 0.3) is 0 Å². The Balaban J connectivity index is 2.10. The van der Waals surface area contributed by atoms with E-state index in [9.17, 15) is 10.1 Å². The SMILES string of the molecule is [C-]#[N+]CCCOc1ccc(/C(C#N)=C/c2ccc(C(=O)O)cc2)cc1. The van der Waals surface area contributed by atoms with Gasteiger partial charge >= 0.3 is 5.97 Å². The van der Waals surface area contributed by atoms with Crippen LogP contribution in [0.25, 0.3) is 16.5 Å². The van der Waals surface area contributed by atoms with Crippen LogP contribution in [0.15, 0.2) is 48.5 Å². The molecule has 5 heteroatoms. The third kappa shape index (κ3) is 5.23. The summed E-state index contributed by atoms with van der Waals surface area (Å²) in [6.45, 7) is 7.64. The lowest BCUT2D eigenvalue weighted by Crippen LogP contribution is -1.98. The molecule has 0 bridgehead atoms. The number of carboxylic acids is 1. The summed E-state index contributed by atoms with van der Waals surface area (Å²) in [6.07, 6.45) is 2.39. The molecule has 1 N–H and O–H groups in total. The minimum absolute atomic E-state index is 0.204. The monoisotopic (exact) mass is 332 g/mol. The van der Waals surface area contributed by atoms with E-state index in [2.05, 4.69) is 10.9 Å². The molecule has 0 radical (unpaired) electrons. The second-order valence-electron chi connectivity index (χ2n) is 5.21. The number of nitriles is 1. The van der Waals surface area contributed by atoms with Crippen LogP contribution < -0.4 is 4.74 Å². The van der Waals surface area contributed by atoms with Crippen LogP contribution in [0.4, 0.5) is 0 Å². The van der Waals surface area contributed by atoms with Crippen LogP contribution in [0.5, 0.6) is 5.75 Å². The Morgan fingerprint density at radius 2 is 1.80 bits per heavy atom. The highest BCUT2D eigenvalue weighted by atomic mass is 16.5. The molecule has 0 aliphatic carbocycles. The molecule has 0 unspecified atom stereocenters. The Labute approximate surface area is 146 Å². The second-order valence-corrected chi connectivity index (χ2v) is 5.21. The third-order valence-corrected chi connectivity index (χ3v) is 3.44. The van der Waals surface area contributed by atoms with Gasteiger partial charge in [0.05, 0.1) is 30.2 Å². The topological polar surface area (TPSA) is 74.7 Å². The van der Waals surface area contributed by atoms with Crippen LogP contribution in [-0.2, 0) is 0 Å². The van der Waals surface area contributed by atoms with Gasteiger partial charge in [-0.1, -0.05) is 12.1 Å². The Kier molecular flexibility index (Phi) is 6.33. The number of rotatable bonds is 7. The van der Waals surface area contributed by atoms with Crippen molar-refractivity contribution in [2.75, 3.05) is 13.2 Å². The first kappa shape index (κ1) is 17.8. The molecule has 0 spiro atoms. The molecule has 2 aromatic carbocycles. The van der Waals surface area contributed by atoms with E-state index in [1.54, 1.807) is 42.5 Å². The number of hydrogen-bond acceptors (Lipinski definition) is 3. The quantitative estimate of drug-likeness (QED) is 0.358. The Morgan fingerprint density at radius 3 is 2.36 bits per heavy atom. The summed E-state index contributed by atoms with van der Waals surface area (Å²) in [5.41, 5.74) is 2.18. The van der Waals surface area contributed by atoms with Gasteiger partial charge in [0.1, 0.15) is 5.75 Å². The van der Waals surface area contributed by atoms with Crippen LogP contribution in [0.2, 0.25) is 0 Å². The molecule has 0 aliphatic rings. The molecule has 0 aliphatic heterocycles. The van der Waals surface area contributed by atoms with Crippen LogP contribution in [0, 0.1) is 17.9 Å². The van der Waals surface area contributed by atoms with Gasteiger partial charge in [0.2, 0.25) is 6.54 Å². The predicted molar refractivity (Wildman–Crippen MR) is 94.9 cm³/mol. The maximum atomic E-state index is 10.9. The summed E-state index contributed by atoms with van der Waals surface area (Å²) in [5.74, 6) is -0.292. The number of nitrogens with zero attached hydrogens (tertiary/aromatic N) is 2.